The molecule has 1 aromatic carbocycles. The van der Waals surface area contributed by atoms with E-state index < -0.39 is 0 Å². The van der Waals surface area contributed by atoms with Crippen molar-refractivity contribution in [2.24, 2.45) is 0 Å². The van der Waals surface area contributed by atoms with E-state index in [0.29, 0.717) is 6.54 Å². The topological polar surface area (TPSA) is 29.9 Å². The minimum absolute atomic E-state index is 0.699. The summed E-state index contributed by atoms with van der Waals surface area (Å²) < 4.78 is 1.94. The summed E-state index contributed by atoms with van der Waals surface area (Å²) in [6.07, 6.45) is 0. The molecule has 0 aliphatic rings. The van der Waals surface area contributed by atoms with Crippen LogP contribution in [-0.4, -0.2) is 23.4 Å². The fraction of sp³-hybridized carbons (Fsp3) is 0.267. The molecule has 0 unspecified atom stereocenters. The van der Waals surface area contributed by atoms with Crippen molar-refractivity contribution in [1.29, 1.82) is 0 Å². The average molecular weight is 239 g/mol. The first-order chi connectivity index (χ1) is 8.70. The summed E-state index contributed by atoms with van der Waals surface area (Å²) >= 11 is 0. The van der Waals surface area contributed by atoms with E-state index in [-0.39, 0.29) is 0 Å². The number of rotatable bonds is 2. The van der Waals surface area contributed by atoms with Gasteiger partial charge in [-0.1, -0.05) is 17.9 Å². The molecule has 1 N–H and O–H groups in total. The third-order valence-corrected chi connectivity index (χ3v) is 2.60. The Hall–Kier alpha value is -2.05. The molecule has 0 saturated heterocycles. The first kappa shape index (κ1) is 12.4. The van der Waals surface area contributed by atoms with E-state index in [1.165, 1.54) is 0 Å². The second kappa shape index (κ2) is 5.52. The first-order valence-electron chi connectivity index (χ1n) is 5.98. The number of benzene rings is 1. The quantitative estimate of drug-likeness (QED) is 0.813. The van der Waals surface area contributed by atoms with E-state index in [1.807, 2.05) is 36.9 Å². The van der Waals surface area contributed by atoms with Crippen LogP contribution in [0.4, 0.5) is 0 Å². The zero-order valence-electron chi connectivity index (χ0n) is 11.0. The van der Waals surface area contributed by atoms with Crippen molar-refractivity contribution >= 4 is 0 Å². The second-order valence-electron chi connectivity index (χ2n) is 4.22. The largest absolute Gasteiger partial charge is 0.309 e. The number of aryl methyl sites for hydroxylation is 2. The molecule has 0 spiro atoms. The molecule has 1 heterocycles. The lowest BCUT2D eigenvalue weighted by molar-refractivity contribution is 0.833. The lowest BCUT2D eigenvalue weighted by Gasteiger charge is -2.04. The summed E-state index contributed by atoms with van der Waals surface area (Å²) in [6, 6.07) is 10.2. The van der Waals surface area contributed by atoms with E-state index in [4.69, 9.17) is 0 Å². The number of aromatic nitrogens is 2. The van der Waals surface area contributed by atoms with Crippen molar-refractivity contribution in [3.05, 3.63) is 47.3 Å². The highest BCUT2D eigenvalue weighted by Crippen LogP contribution is 2.13. The lowest BCUT2D eigenvalue weighted by Crippen LogP contribution is -2.04. The molecule has 1 aromatic heterocycles. The summed E-state index contributed by atoms with van der Waals surface area (Å²) in [5, 5.41) is 7.48. The standard InChI is InChI=1S/C15H17N3/c1-12-10-13(2)18(17-12)15-8-4-6-14(11-15)7-5-9-16-3/h4,6,8,10-11,16H,9H2,1-3H3. The maximum Gasteiger partial charge on any atom is 0.0661 e. The number of hydrogen-bond donors (Lipinski definition) is 1. The molecule has 0 saturated carbocycles. The Morgan fingerprint density at radius 2 is 2.11 bits per heavy atom. The predicted molar refractivity (Wildman–Crippen MR) is 73.8 cm³/mol. The maximum absolute atomic E-state index is 4.47. The zero-order chi connectivity index (χ0) is 13.0. The van der Waals surface area contributed by atoms with Gasteiger partial charge in [-0.15, -0.1) is 0 Å². The Labute approximate surface area is 108 Å². The van der Waals surface area contributed by atoms with Crippen LogP contribution in [0.1, 0.15) is 17.0 Å². The smallest absolute Gasteiger partial charge is 0.0661 e. The maximum atomic E-state index is 4.47. The van der Waals surface area contributed by atoms with Crippen LogP contribution in [0.3, 0.4) is 0 Å². The number of nitrogens with one attached hydrogen (secondary N) is 1. The lowest BCUT2D eigenvalue weighted by atomic mass is 10.2. The second-order valence-corrected chi connectivity index (χ2v) is 4.22. The van der Waals surface area contributed by atoms with Crippen molar-refractivity contribution in [2.75, 3.05) is 13.6 Å². The van der Waals surface area contributed by atoms with Crippen LogP contribution in [0.5, 0.6) is 0 Å². The van der Waals surface area contributed by atoms with Gasteiger partial charge in [0.25, 0.3) is 0 Å². The fourth-order valence-electron chi connectivity index (χ4n) is 1.84. The van der Waals surface area contributed by atoms with Gasteiger partial charge in [-0.25, -0.2) is 4.68 Å². The summed E-state index contributed by atoms with van der Waals surface area (Å²) in [4.78, 5) is 0. The van der Waals surface area contributed by atoms with Gasteiger partial charge in [-0.2, -0.15) is 5.10 Å². The number of hydrogen-bond acceptors (Lipinski definition) is 2. The Morgan fingerprint density at radius 1 is 1.28 bits per heavy atom. The highest BCUT2D eigenvalue weighted by molar-refractivity contribution is 5.44. The van der Waals surface area contributed by atoms with Crippen LogP contribution in [0.2, 0.25) is 0 Å². The van der Waals surface area contributed by atoms with Crippen LogP contribution in [0, 0.1) is 25.7 Å². The molecule has 92 valence electrons. The van der Waals surface area contributed by atoms with Crippen LogP contribution in [-0.2, 0) is 0 Å². The molecule has 0 atom stereocenters. The van der Waals surface area contributed by atoms with Crippen LogP contribution in [0.15, 0.2) is 30.3 Å². The van der Waals surface area contributed by atoms with Crippen LogP contribution < -0.4 is 5.32 Å². The molecule has 0 amide bonds. The van der Waals surface area contributed by atoms with Gasteiger partial charge in [0.2, 0.25) is 0 Å². The van der Waals surface area contributed by atoms with Gasteiger partial charge >= 0.3 is 0 Å². The molecule has 2 rings (SSSR count). The molecular formula is C15H17N3. The normalized spacial score (nSPS) is 9.94. The summed E-state index contributed by atoms with van der Waals surface area (Å²) in [7, 11) is 1.89. The third kappa shape index (κ3) is 2.79. The molecule has 3 nitrogen and oxygen atoms in total. The van der Waals surface area contributed by atoms with E-state index in [0.717, 1.165) is 22.6 Å². The van der Waals surface area contributed by atoms with Crippen molar-refractivity contribution in [3.63, 3.8) is 0 Å². The highest BCUT2D eigenvalue weighted by atomic mass is 15.3. The molecule has 0 fully saturated rings. The monoisotopic (exact) mass is 239 g/mol. The highest BCUT2D eigenvalue weighted by Gasteiger charge is 2.03. The molecular weight excluding hydrogens is 222 g/mol. The molecule has 18 heavy (non-hydrogen) atoms. The molecule has 0 bridgehead atoms. The van der Waals surface area contributed by atoms with Gasteiger partial charge in [0.05, 0.1) is 17.9 Å². The Balaban J connectivity index is 2.33. The van der Waals surface area contributed by atoms with Crippen molar-refractivity contribution in [1.82, 2.24) is 15.1 Å². The Morgan fingerprint density at radius 3 is 2.78 bits per heavy atom. The van der Waals surface area contributed by atoms with Crippen molar-refractivity contribution in [2.45, 2.75) is 13.8 Å². The van der Waals surface area contributed by atoms with E-state index >= 15 is 0 Å². The minimum atomic E-state index is 0.699. The van der Waals surface area contributed by atoms with Gasteiger partial charge in [0, 0.05) is 11.3 Å². The molecule has 0 radical (unpaired) electrons. The SMILES string of the molecule is CNCC#Cc1cccc(-n2nc(C)cc2C)c1. The molecule has 2 aromatic rings. The summed E-state index contributed by atoms with van der Waals surface area (Å²) in [5.74, 6) is 6.19. The zero-order valence-corrected chi connectivity index (χ0v) is 11.0. The summed E-state index contributed by atoms with van der Waals surface area (Å²) in [5.41, 5.74) is 4.22. The van der Waals surface area contributed by atoms with Gasteiger partial charge < -0.3 is 5.32 Å². The van der Waals surface area contributed by atoms with Crippen molar-refractivity contribution < 1.29 is 0 Å². The predicted octanol–water partition coefficient (Wildman–Crippen LogP) is 2.06. The molecule has 3 heteroatoms. The third-order valence-electron chi connectivity index (χ3n) is 2.60. The van der Waals surface area contributed by atoms with E-state index in [2.05, 4.69) is 41.3 Å². The number of nitrogens with zero attached hydrogens (tertiary/aromatic N) is 2. The molecule has 0 aliphatic heterocycles. The van der Waals surface area contributed by atoms with Gasteiger partial charge in [0.15, 0.2) is 0 Å². The first-order valence-corrected chi connectivity index (χ1v) is 5.98. The Kier molecular flexibility index (Phi) is 3.81. The van der Waals surface area contributed by atoms with E-state index in [1.54, 1.807) is 0 Å². The van der Waals surface area contributed by atoms with Gasteiger partial charge in [-0.05, 0) is 45.2 Å². The average Bonchev–Trinajstić information content (AvgIpc) is 2.69. The molecule has 0 aliphatic carbocycles. The fourth-order valence-corrected chi connectivity index (χ4v) is 1.84. The van der Waals surface area contributed by atoms with E-state index in [9.17, 15) is 0 Å². The van der Waals surface area contributed by atoms with Crippen LogP contribution in [0.25, 0.3) is 5.69 Å². The van der Waals surface area contributed by atoms with Gasteiger partial charge in [0.1, 0.15) is 0 Å². The van der Waals surface area contributed by atoms with Crippen molar-refractivity contribution in [3.8, 4) is 17.5 Å². The summed E-state index contributed by atoms with van der Waals surface area (Å²) in [6.45, 7) is 4.75. The Bertz CT molecular complexity index is 600. The van der Waals surface area contributed by atoms with Crippen LogP contribution >= 0.6 is 0 Å². The minimum Gasteiger partial charge on any atom is -0.309 e. The van der Waals surface area contributed by atoms with Gasteiger partial charge in [-0.3, -0.25) is 0 Å².